The smallest absolute Gasteiger partial charge is 0.258 e. The van der Waals surface area contributed by atoms with Gasteiger partial charge in [0.15, 0.2) is 0 Å². The lowest BCUT2D eigenvalue weighted by atomic mass is 9.95. The van der Waals surface area contributed by atoms with E-state index in [1.54, 1.807) is 11.3 Å². The van der Waals surface area contributed by atoms with E-state index in [0.29, 0.717) is 0 Å². The van der Waals surface area contributed by atoms with Crippen LogP contribution in [0.25, 0.3) is 5.00 Å². The molecule has 0 fully saturated rings. The second kappa shape index (κ2) is 9.43. The Balaban J connectivity index is 1.56. The Morgan fingerprint density at radius 3 is 2.50 bits per heavy atom. The van der Waals surface area contributed by atoms with Gasteiger partial charge in [-0.15, -0.1) is 11.3 Å². The first kappa shape index (κ1) is 22.4. The highest BCUT2D eigenvalue weighted by atomic mass is 32.1. The van der Waals surface area contributed by atoms with Gasteiger partial charge in [0, 0.05) is 33.7 Å². The fourth-order valence-corrected chi connectivity index (χ4v) is 6.16. The van der Waals surface area contributed by atoms with E-state index >= 15 is 0 Å². The molecule has 0 radical (unpaired) electrons. The molecular formula is C29H29N3OS. The number of carbonyl (C=O) groups excluding carboxylic acids is 1. The predicted molar refractivity (Wildman–Crippen MR) is 143 cm³/mol. The summed E-state index contributed by atoms with van der Waals surface area (Å²) in [6.07, 6.45) is 6.25. The van der Waals surface area contributed by atoms with Crippen molar-refractivity contribution in [3.05, 3.63) is 99.2 Å². The van der Waals surface area contributed by atoms with Crippen molar-refractivity contribution < 1.29 is 4.79 Å². The van der Waals surface area contributed by atoms with Gasteiger partial charge < -0.3 is 9.88 Å². The highest BCUT2D eigenvalue weighted by molar-refractivity contribution is 7.15. The van der Waals surface area contributed by atoms with E-state index in [0.717, 1.165) is 58.2 Å². The molecule has 4 aromatic rings. The molecule has 1 aliphatic rings. The molecule has 0 saturated heterocycles. The van der Waals surface area contributed by atoms with Gasteiger partial charge in [0.05, 0.1) is 11.3 Å². The molecule has 1 amide bonds. The van der Waals surface area contributed by atoms with E-state index in [2.05, 4.69) is 41.7 Å². The van der Waals surface area contributed by atoms with Crippen LogP contribution in [0.1, 0.15) is 56.2 Å². The van der Waals surface area contributed by atoms with Crippen LogP contribution in [0.15, 0.2) is 65.7 Å². The van der Waals surface area contributed by atoms with Gasteiger partial charge in [-0.25, -0.2) is 0 Å². The molecule has 0 atom stereocenters. The lowest BCUT2D eigenvalue weighted by Gasteiger charge is -2.14. The Morgan fingerprint density at radius 1 is 1.00 bits per heavy atom. The van der Waals surface area contributed by atoms with Crippen molar-refractivity contribution in [1.82, 2.24) is 4.57 Å². The summed E-state index contributed by atoms with van der Waals surface area (Å²) in [6, 6.07) is 20.1. The number of nitrogens with one attached hydrogen (secondary N) is 1. The zero-order valence-electron chi connectivity index (χ0n) is 19.9. The molecule has 2 aromatic carbocycles. The van der Waals surface area contributed by atoms with Gasteiger partial charge >= 0.3 is 0 Å². The minimum atomic E-state index is -0.0229. The number of anilines is 1. The summed E-state index contributed by atoms with van der Waals surface area (Å²) < 4.78 is 2.24. The SMILES string of the molecule is Cc1ccc(NC(=O)c2c(-n3c(C)cc(C=Nc4ccccc4)c3C)sc3c2CCCC3)cc1. The van der Waals surface area contributed by atoms with E-state index in [9.17, 15) is 4.79 Å². The first-order chi connectivity index (χ1) is 16.5. The molecule has 2 aromatic heterocycles. The third kappa shape index (κ3) is 4.36. The number of benzene rings is 2. The summed E-state index contributed by atoms with van der Waals surface area (Å²) >= 11 is 1.77. The fraction of sp³-hybridized carbons (Fsp3) is 0.241. The van der Waals surface area contributed by atoms with Crippen molar-refractivity contribution >= 4 is 34.8 Å². The van der Waals surface area contributed by atoms with Crippen LogP contribution in [0, 0.1) is 20.8 Å². The Kier molecular flexibility index (Phi) is 6.20. The lowest BCUT2D eigenvalue weighted by molar-refractivity contribution is 0.102. The van der Waals surface area contributed by atoms with E-state index in [4.69, 9.17) is 0 Å². The summed E-state index contributed by atoms with van der Waals surface area (Å²) in [5, 5.41) is 4.17. The molecule has 34 heavy (non-hydrogen) atoms. The summed E-state index contributed by atoms with van der Waals surface area (Å²) in [4.78, 5) is 19.6. The summed E-state index contributed by atoms with van der Waals surface area (Å²) in [5.41, 5.74) is 8.25. The second-order valence-electron chi connectivity index (χ2n) is 8.97. The third-order valence-electron chi connectivity index (χ3n) is 6.47. The molecule has 5 heteroatoms. The van der Waals surface area contributed by atoms with Crippen molar-refractivity contribution in [2.24, 2.45) is 4.99 Å². The summed E-state index contributed by atoms with van der Waals surface area (Å²) in [6.45, 7) is 6.27. The van der Waals surface area contributed by atoms with Gasteiger partial charge in [0.1, 0.15) is 5.00 Å². The number of fused-ring (bicyclic) bond motifs is 1. The maximum Gasteiger partial charge on any atom is 0.258 e. The van der Waals surface area contributed by atoms with E-state index in [-0.39, 0.29) is 5.91 Å². The number of hydrogen-bond acceptors (Lipinski definition) is 3. The number of rotatable bonds is 5. The minimum absolute atomic E-state index is 0.0229. The van der Waals surface area contributed by atoms with Gasteiger partial charge in [0.2, 0.25) is 0 Å². The third-order valence-corrected chi connectivity index (χ3v) is 7.75. The van der Waals surface area contributed by atoms with Crippen LogP contribution in [0.4, 0.5) is 11.4 Å². The van der Waals surface area contributed by atoms with E-state index in [1.807, 2.05) is 60.8 Å². The van der Waals surface area contributed by atoms with Gasteiger partial charge in [-0.05, 0) is 82.3 Å². The zero-order valence-corrected chi connectivity index (χ0v) is 20.7. The number of thiophene rings is 1. The standard InChI is InChI=1S/C29H29N3OS/c1-19-13-15-24(16-14-19)31-28(33)27-25-11-7-8-12-26(25)34-29(27)32-20(2)17-22(21(32)3)18-30-23-9-5-4-6-10-23/h4-6,9-10,13-18H,7-8,11-12H2,1-3H3,(H,31,33). The van der Waals surface area contributed by atoms with Crippen molar-refractivity contribution in [3.8, 4) is 5.00 Å². The van der Waals surface area contributed by atoms with Gasteiger partial charge in [-0.1, -0.05) is 35.9 Å². The molecule has 1 aliphatic carbocycles. The van der Waals surface area contributed by atoms with Gasteiger partial charge in [-0.3, -0.25) is 9.79 Å². The molecule has 0 bridgehead atoms. The molecule has 0 spiro atoms. The molecule has 172 valence electrons. The molecule has 0 unspecified atom stereocenters. The van der Waals surface area contributed by atoms with Crippen molar-refractivity contribution in [1.29, 1.82) is 0 Å². The molecule has 0 aliphatic heterocycles. The molecule has 2 heterocycles. The molecule has 4 nitrogen and oxygen atoms in total. The Bertz CT molecular complexity index is 1360. The number of nitrogens with zero attached hydrogens (tertiary/aromatic N) is 2. The first-order valence-electron chi connectivity index (χ1n) is 11.8. The van der Waals surface area contributed by atoms with Crippen molar-refractivity contribution in [3.63, 3.8) is 0 Å². The van der Waals surface area contributed by atoms with Crippen LogP contribution < -0.4 is 5.32 Å². The summed E-state index contributed by atoms with van der Waals surface area (Å²) in [5.74, 6) is -0.0229. The lowest BCUT2D eigenvalue weighted by Crippen LogP contribution is -2.17. The van der Waals surface area contributed by atoms with Gasteiger partial charge in [0.25, 0.3) is 5.91 Å². The normalized spacial score (nSPS) is 13.3. The Hall–Kier alpha value is -3.44. The Morgan fingerprint density at radius 2 is 1.74 bits per heavy atom. The Labute approximate surface area is 205 Å². The summed E-state index contributed by atoms with van der Waals surface area (Å²) in [7, 11) is 0. The quantitative estimate of drug-likeness (QED) is 0.307. The number of hydrogen-bond donors (Lipinski definition) is 1. The van der Waals surface area contributed by atoms with Gasteiger partial charge in [-0.2, -0.15) is 0 Å². The van der Waals surface area contributed by atoms with Crippen molar-refractivity contribution in [2.75, 3.05) is 5.32 Å². The zero-order chi connectivity index (χ0) is 23.7. The predicted octanol–water partition coefficient (Wildman–Crippen LogP) is 7.35. The number of carbonyl (C=O) groups is 1. The van der Waals surface area contributed by atoms with Crippen LogP contribution in [0.3, 0.4) is 0 Å². The molecule has 1 N–H and O–H groups in total. The van der Waals surface area contributed by atoms with Crippen LogP contribution in [0.2, 0.25) is 0 Å². The van der Waals surface area contributed by atoms with Crippen molar-refractivity contribution in [2.45, 2.75) is 46.5 Å². The maximum absolute atomic E-state index is 13.6. The number of aliphatic imine (C=N–C) groups is 1. The number of aryl methyl sites for hydroxylation is 3. The largest absolute Gasteiger partial charge is 0.322 e. The monoisotopic (exact) mass is 467 g/mol. The second-order valence-corrected chi connectivity index (χ2v) is 10.1. The van der Waals surface area contributed by atoms with Crippen LogP contribution >= 0.6 is 11.3 Å². The average molecular weight is 468 g/mol. The van der Waals surface area contributed by atoms with E-state index in [1.165, 1.54) is 22.4 Å². The highest BCUT2D eigenvalue weighted by Gasteiger charge is 2.28. The highest BCUT2D eigenvalue weighted by Crippen LogP contribution is 2.39. The molecule has 0 saturated carbocycles. The average Bonchev–Trinajstić information content (AvgIpc) is 3.36. The first-order valence-corrected chi connectivity index (χ1v) is 12.6. The number of para-hydroxylation sites is 1. The van der Waals surface area contributed by atoms with E-state index < -0.39 is 0 Å². The number of amides is 1. The fourth-order valence-electron chi connectivity index (χ4n) is 4.66. The number of aromatic nitrogens is 1. The van der Waals surface area contributed by atoms with Crippen LogP contribution in [-0.4, -0.2) is 16.7 Å². The van der Waals surface area contributed by atoms with Crippen LogP contribution in [0.5, 0.6) is 0 Å². The maximum atomic E-state index is 13.6. The minimum Gasteiger partial charge on any atom is -0.322 e. The topological polar surface area (TPSA) is 46.4 Å². The molecule has 5 rings (SSSR count). The molecular weight excluding hydrogens is 438 g/mol. The van der Waals surface area contributed by atoms with Crippen LogP contribution in [-0.2, 0) is 12.8 Å².